The summed E-state index contributed by atoms with van der Waals surface area (Å²) in [5.74, 6) is 1.71. The number of carbonyl (C=O) groups is 1. The Morgan fingerprint density at radius 3 is 3.10 bits per heavy atom. The Hall–Kier alpha value is -1.89. The molecule has 6 nitrogen and oxygen atoms in total. The van der Waals surface area contributed by atoms with Crippen LogP contribution in [0.25, 0.3) is 0 Å². The molecular formula is C14H16BrN5O. The Bertz CT molecular complexity index is 697. The van der Waals surface area contributed by atoms with Crippen molar-refractivity contribution in [2.75, 3.05) is 12.8 Å². The molecule has 1 aromatic heterocycles. The predicted molar refractivity (Wildman–Crippen MR) is 82.7 cm³/mol. The number of amides is 1. The van der Waals surface area contributed by atoms with Crippen molar-refractivity contribution in [3.05, 3.63) is 39.9 Å². The van der Waals surface area contributed by atoms with Crippen LogP contribution in [-0.2, 0) is 19.5 Å². The van der Waals surface area contributed by atoms with Gasteiger partial charge in [0, 0.05) is 30.2 Å². The molecule has 1 aliphatic rings. The van der Waals surface area contributed by atoms with Crippen LogP contribution in [0.3, 0.4) is 0 Å². The number of nitrogens with zero attached hydrogens (tertiary/aromatic N) is 4. The lowest BCUT2D eigenvalue weighted by molar-refractivity contribution is 0.0781. The van der Waals surface area contributed by atoms with Gasteiger partial charge in [0.05, 0.1) is 12.1 Å². The summed E-state index contributed by atoms with van der Waals surface area (Å²) in [6.45, 7) is 1.36. The molecule has 1 aliphatic heterocycles. The van der Waals surface area contributed by atoms with Crippen molar-refractivity contribution < 1.29 is 4.79 Å². The first-order chi connectivity index (χ1) is 10.1. The average molecular weight is 350 g/mol. The number of aryl methyl sites for hydroxylation is 1. The summed E-state index contributed by atoms with van der Waals surface area (Å²) >= 11 is 3.36. The van der Waals surface area contributed by atoms with Gasteiger partial charge in [-0.1, -0.05) is 15.9 Å². The number of hydrogen-bond donors (Lipinski definition) is 1. The van der Waals surface area contributed by atoms with Crippen molar-refractivity contribution in [1.82, 2.24) is 19.7 Å². The van der Waals surface area contributed by atoms with Crippen LogP contribution in [0.2, 0.25) is 0 Å². The van der Waals surface area contributed by atoms with Gasteiger partial charge in [-0.15, -0.1) is 10.2 Å². The predicted octanol–water partition coefficient (Wildman–Crippen LogP) is 1.84. The highest BCUT2D eigenvalue weighted by molar-refractivity contribution is 9.10. The lowest BCUT2D eigenvalue weighted by atomic mass is 10.1. The van der Waals surface area contributed by atoms with Gasteiger partial charge in [0.2, 0.25) is 0 Å². The Morgan fingerprint density at radius 2 is 2.29 bits per heavy atom. The average Bonchev–Trinajstić information content (AvgIpc) is 3.05. The van der Waals surface area contributed by atoms with Crippen molar-refractivity contribution in [2.24, 2.45) is 0 Å². The quantitative estimate of drug-likeness (QED) is 0.857. The number of carbonyl (C=O) groups excluding carboxylic acids is 1. The van der Waals surface area contributed by atoms with Crippen LogP contribution in [0.1, 0.15) is 28.4 Å². The number of nitrogens with two attached hydrogens (primary N) is 1. The maximum absolute atomic E-state index is 12.5. The molecule has 0 spiro atoms. The summed E-state index contributed by atoms with van der Waals surface area (Å²) in [4.78, 5) is 14.1. The zero-order chi connectivity index (χ0) is 15.0. The summed E-state index contributed by atoms with van der Waals surface area (Å²) in [5, 5.41) is 8.33. The molecule has 0 atom stereocenters. The fraction of sp³-hybridized carbons (Fsp3) is 0.357. The van der Waals surface area contributed by atoms with E-state index < -0.39 is 0 Å². The standard InChI is InChI=1S/C14H16BrN5O/c1-19(8-13-18-17-12-3-2-6-20(12)13)14(21)10-7-9(15)4-5-11(10)16/h4-5,7H,2-3,6,8,16H2,1H3. The highest BCUT2D eigenvalue weighted by Crippen LogP contribution is 2.21. The van der Waals surface area contributed by atoms with E-state index in [1.54, 1.807) is 24.1 Å². The van der Waals surface area contributed by atoms with Gasteiger partial charge >= 0.3 is 0 Å². The number of anilines is 1. The number of benzene rings is 1. The molecule has 0 radical (unpaired) electrons. The molecule has 7 heteroatoms. The van der Waals surface area contributed by atoms with Crippen LogP contribution in [-0.4, -0.2) is 32.6 Å². The van der Waals surface area contributed by atoms with E-state index in [1.165, 1.54) is 0 Å². The molecule has 0 saturated heterocycles. The fourth-order valence-corrected chi connectivity index (χ4v) is 2.89. The van der Waals surface area contributed by atoms with Crippen LogP contribution in [0, 0.1) is 0 Å². The number of rotatable bonds is 3. The Balaban J connectivity index is 1.80. The largest absolute Gasteiger partial charge is 0.398 e. The first-order valence-electron chi connectivity index (χ1n) is 6.77. The van der Waals surface area contributed by atoms with Crippen molar-refractivity contribution >= 4 is 27.5 Å². The first kappa shape index (κ1) is 14.1. The maximum atomic E-state index is 12.5. The second-order valence-electron chi connectivity index (χ2n) is 5.18. The molecule has 0 aliphatic carbocycles. The molecule has 110 valence electrons. The van der Waals surface area contributed by atoms with Crippen molar-refractivity contribution in [3.63, 3.8) is 0 Å². The molecule has 1 amide bonds. The van der Waals surface area contributed by atoms with E-state index in [2.05, 4.69) is 30.7 Å². The maximum Gasteiger partial charge on any atom is 0.256 e. The summed E-state index contributed by atoms with van der Waals surface area (Å²) in [6, 6.07) is 5.28. The molecule has 0 fully saturated rings. The summed E-state index contributed by atoms with van der Waals surface area (Å²) in [6.07, 6.45) is 2.05. The van der Waals surface area contributed by atoms with Crippen molar-refractivity contribution in [1.29, 1.82) is 0 Å². The second-order valence-corrected chi connectivity index (χ2v) is 6.10. The van der Waals surface area contributed by atoms with Crippen LogP contribution in [0.5, 0.6) is 0 Å². The topological polar surface area (TPSA) is 77.0 Å². The van der Waals surface area contributed by atoms with Crippen molar-refractivity contribution in [3.8, 4) is 0 Å². The number of nitrogen functional groups attached to an aromatic ring is 1. The van der Waals surface area contributed by atoms with Gasteiger partial charge in [0.15, 0.2) is 5.82 Å². The van der Waals surface area contributed by atoms with Gasteiger partial charge in [0.25, 0.3) is 5.91 Å². The molecule has 2 aromatic rings. The number of halogens is 1. The summed E-state index contributed by atoms with van der Waals surface area (Å²) < 4.78 is 2.92. The minimum absolute atomic E-state index is 0.121. The molecule has 2 heterocycles. The van der Waals surface area contributed by atoms with Gasteiger partial charge in [-0.25, -0.2) is 0 Å². The molecule has 0 unspecified atom stereocenters. The Kier molecular flexibility index (Phi) is 3.67. The molecular weight excluding hydrogens is 334 g/mol. The fourth-order valence-electron chi connectivity index (χ4n) is 2.53. The van der Waals surface area contributed by atoms with E-state index in [1.807, 2.05) is 6.07 Å². The van der Waals surface area contributed by atoms with Crippen LogP contribution >= 0.6 is 15.9 Å². The lowest BCUT2D eigenvalue weighted by Gasteiger charge is -2.18. The third kappa shape index (κ3) is 2.65. The highest BCUT2D eigenvalue weighted by Gasteiger charge is 2.21. The third-order valence-electron chi connectivity index (χ3n) is 3.66. The minimum atomic E-state index is -0.121. The van der Waals surface area contributed by atoms with Crippen molar-refractivity contribution in [2.45, 2.75) is 25.9 Å². The van der Waals surface area contributed by atoms with E-state index in [0.717, 1.165) is 35.5 Å². The van der Waals surface area contributed by atoms with E-state index in [0.29, 0.717) is 17.8 Å². The summed E-state index contributed by atoms with van der Waals surface area (Å²) in [7, 11) is 1.75. The van der Waals surface area contributed by atoms with Gasteiger partial charge < -0.3 is 15.2 Å². The van der Waals surface area contributed by atoms with Gasteiger partial charge in [0.1, 0.15) is 5.82 Å². The zero-order valence-electron chi connectivity index (χ0n) is 11.7. The normalized spacial score (nSPS) is 13.2. The van der Waals surface area contributed by atoms with E-state index >= 15 is 0 Å². The lowest BCUT2D eigenvalue weighted by Crippen LogP contribution is -2.28. The van der Waals surface area contributed by atoms with Crippen LogP contribution in [0.15, 0.2) is 22.7 Å². The molecule has 3 rings (SSSR count). The smallest absolute Gasteiger partial charge is 0.256 e. The van der Waals surface area contributed by atoms with E-state index in [4.69, 9.17) is 5.73 Å². The van der Waals surface area contributed by atoms with E-state index in [9.17, 15) is 4.79 Å². The minimum Gasteiger partial charge on any atom is -0.398 e. The monoisotopic (exact) mass is 349 g/mol. The molecule has 1 aromatic carbocycles. The highest BCUT2D eigenvalue weighted by atomic mass is 79.9. The Morgan fingerprint density at radius 1 is 1.48 bits per heavy atom. The van der Waals surface area contributed by atoms with Gasteiger partial charge in [-0.05, 0) is 24.6 Å². The number of fused-ring (bicyclic) bond motifs is 1. The number of hydrogen-bond acceptors (Lipinski definition) is 4. The first-order valence-corrected chi connectivity index (χ1v) is 7.57. The van der Waals surface area contributed by atoms with Gasteiger partial charge in [-0.3, -0.25) is 4.79 Å². The second kappa shape index (κ2) is 5.48. The molecule has 2 N–H and O–H groups in total. The molecule has 0 bridgehead atoms. The molecule has 0 saturated carbocycles. The third-order valence-corrected chi connectivity index (χ3v) is 4.15. The van der Waals surface area contributed by atoms with E-state index in [-0.39, 0.29) is 5.91 Å². The SMILES string of the molecule is CN(Cc1nnc2n1CCC2)C(=O)c1cc(Br)ccc1N. The zero-order valence-corrected chi connectivity index (χ0v) is 13.3. The Labute approximate surface area is 131 Å². The van der Waals surface area contributed by atoms with Crippen LogP contribution < -0.4 is 5.73 Å². The summed E-state index contributed by atoms with van der Waals surface area (Å²) in [5.41, 5.74) is 6.86. The molecule has 21 heavy (non-hydrogen) atoms. The van der Waals surface area contributed by atoms with Gasteiger partial charge in [-0.2, -0.15) is 0 Å². The van der Waals surface area contributed by atoms with Crippen LogP contribution in [0.4, 0.5) is 5.69 Å². The number of aromatic nitrogens is 3.